The fourth-order valence-corrected chi connectivity index (χ4v) is 6.65. The molecule has 2 heterocycles. The van der Waals surface area contributed by atoms with Crippen molar-refractivity contribution >= 4 is 19.6 Å². The molecule has 0 saturated carbocycles. The summed E-state index contributed by atoms with van der Waals surface area (Å²) in [5, 5.41) is 0. The first kappa shape index (κ1) is 21.4. The van der Waals surface area contributed by atoms with E-state index < -0.39 is 13.4 Å². The summed E-state index contributed by atoms with van der Waals surface area (Å²) in [6.45, 7) is 10.6. The van der Waals surface area contributed by atoms with Gasteiger partial charge in [0.25, 0.3) is 0 Å². The highest BCUT2D eigenvalue weighted by Crippen LogP contribution is 2.59. The van der Waals surface area contributed by atoms with Gasteiger partial charge in [-0.1, -0.05) is 50.7 Å². The minimum atomic E-state index is -3.63. The number of rotatable bonds is 5. The van der Waals surface area contributed by atoms with Gasteiger partial charge in [-0.05, 0) is 44.2 Å². The molecule has 2 saturated heterocycles. The number of phosphoric ester groups is 1. The molecule has 2 aliphatic heterocycles. The van der Waals surface area contributed by atoms with Crippen molar-refractivity contribution in [2.45, 2.75) is 75.6 Å². The Morgan fingerprint density at radius 2 is 1.93 bits per heavy atom. The monoisotopic (exact) mass is 414 g/mol. The Morgan fingerprint density at radius 3 is 2.56 bits per heavy atom. The van der Waals surface area contributed by atoms with E-state index >= 15 is 0 Å². The molecule has 2 fully saturated rings. The maximum atomic E-state index is 13.2. The first-order valence-electron chi connectivity index (χ1n) is 9.74. The van der Waals surface area contributed by atoms with E-state index in [-0.39, 0.29) is 29.5 Å². The van der Waals surface area contributed by atoms with Crippen LogP contribution in [0.1, 0.15) is 47.5 Å². The van der Waals surface area contributed by atoms with Crippen LogP contribution in [0, 0.1) is 11.8 Å². The minimum absolute atomic E-state index is 0.145. The molecule has 0 aliphatic carbocycles. The Bertz CT molecular complexity index is 668. The molecule has 1 aromatic rings. The van der Waals surface area contributed by atoms with Crippen molar-refractivity contribution in [3.63, 3.8) is 0 Å². The quantitative estimate of drug-likeness (QED) is 0.560. The molecule has 0 bridgehead atoms. The summed E-state index contributed by atoms with van der Waals surface area (Å²) < 4.78 is 36.9. The summed E-state index contributed by atoms with van der Waals surface area (Å²) in [5.41, 5.74) is -0.793. The van der Waals surface area contributed by atoms with Crippen molar-refractivity contribution < 1.29 is 22.9 Å². The summed E-state index contributed by atoms with van der Waals surface area (Å²) in [7, 11) is -3.63. The molecular weight excluding hydrogens is 383 g/mol. The molecule has 0 radical (unpaired) electrons. The van der Waals surface area contributed by atoms with Crippen LogP contribution in [0.3, 0.4) is 0 Å². The molecule has 6 atom stereocenters. The summed E-state index contributed by atoms with van der Waals surface area (Å²) in [6.07, 6.45) is 1.38. The zero-order valence-electron chi connectivity index (χ0n) is 16.8. The predicted molar refractivity (Wildman–Crippen MR) is 108 cm³/mol. The van der Waals surface area contributed by atoms with Gasteiger partial charge in [0.15, 0.2) is 0 Å². The molecule has 27 heavy (non-hydrogen) atoms. The fraction of sp³-hybridized carbons (Fsp3) is 0.700. The van der Waals surface area contributed by atoms with Crippen LogP contribution in [0.15, 0.2) is 35.2 Å². The van der Waals surface area contributed by atoms with Gasteiger partial charge in [-0.3, -0.25) is 13.6 Å². The van der Waals surface area contributed by atoms with Crippen LogP contribution < -0.4 is 0 Å². The van der Waals surface area contributed by atoms with Crippen LogP contribution in [0.5, 0.6) is 0 Å². The molecule has 6 unspecified atom stereocenters. The second kappa shape index (κ2) is 8.56. The molecular formula is C20H31O5PS. The third-order valence-electron chi connectivity index (χ3n) is 5.47. The topological polar surface area (TPSA) is 54.0 Å². The van der Waals surface area contributed by atoms with Crippen LogP contribution in [0.2, 0.25) is 0 Å². The first-order valence-corrected chi connectivity index (χ1v) is 12.1. The van der Waals surface area contributed by atoms with E-state index in [1.54, 1.807) is 11.8 Å². The second-order valence-electron chi connectivity index (χ2n) is 8.05. The Kier molecular flexibility index (Phi) is 6.77. The lowest BCUT2D eigenvalue weighted by atomic mass is 9.83. The molecule has 0 aromatic heterocycles. The normalized spacial score (nSPS) is 39.2. The molecule has 0 amide bonds. The third kappa shape index (κ3) is 5.17. The number of hydrogen-bond donors (Lipinski definition) is 0. The lowest BCUT2D eigenvalue weighted by Crippen LogP contribution is -2.49. The Labute approximate surface area is 167 Å². The van der Waals surface area contributed by atoms with Crippen molar-refractivity contribution in [2.75, 3.05) is 6.61 Å². The molecule has 152 valence electrons. The van der Waals surface area contributed by atoms with Crippen molar-refractivity contribution in [3.8, 4) is 0 Å². The van der Waals surface area contributed by atoms with Crippen LogP contribution in [0.4, 0.5) is 0 Å². The average Bonchev–Trinajstić information content (AvgIpc) is 2.61. The highest BCUT2D eigenvalue weighted by Gasteiger charge is 2.48. The number of hydrogen-bond acceptors (Lipinski definition) is 6. The third-order valence-corrected chi connectivity index (χ3v) is 8.35. The first-order chi connectivity index (χ1) is 12.7. The van der Waals surface area contributed by atoms with Gasteiger partial charge in [-0.15, -0.1) is 0 Å². The molecule has 2 aliphatic rings. The molecule has 5 nitrogen and oxygen atoms in total. The van der Waals surface area contributed by atoms with Gasteiger partial charge in [0.05, 0.1) is 18.3 Å². The predicted octanol–water partition coefficient (Wildman–Crippen LogP) is 5.89. The lowest BCUT2D eigenvalue weighted by Gasteiger charge is -2.45. The zero-order valence-corrected chi connectivity index (χ0v) is 18.5. The van der Waals surface area contributed by atoms with Gasteiger partial charge >= 0.3 is 7.82 Å². The minimum Gasteiger partial charge on any atom is -0.361 e. The molecule has 3 rings (SSSR count). The standard InChI is InChI=1S/C20H31O5PS/c1-6-17-14(2)15(3)18(19(23-17)27-16-10-8-7-9-11-16)24-26(21)22-13-12-20(4,5)25-26/h7-11,14-15,17-19H,6,12-13H2,1-5H3. The molecule has 7 heteroatoms. The van der Waals surface area contributed by atoms with E-state index in [9.17, 15) is 4.57 Å². The van der Waals surface area contributed by atoms with Gasteiger partial charge in [0, 0.05) is 11.3 Å². The van der Waals surface area contributed by atoms with E-state index in [1.807, 2.05) is 44.2 Å². The van der Waals surface area contributed by atoms with E-state index in [0.717, 1.165) is 11.3 Å². The SMILES string of the molecule is CCC1OC(Sc2ccccc2)C(OP2(=O)OCCC(C)(C)O2)C(C)C1C. The van der Waals surface area contributed by atoms with Crippen molar-refractivity contribution in [3.05, 3.63) is 30.3 Å². The summed E-state index contributed by atoms with van der Waals surface area (Å²) in [5.74, 6) is 0.449. The van der Waals surface area contributed by atoms with Crippen LogP contribution >= 0.6 is 19.6 Å². The van der Waals surface area contributed by atoms with Crippen molar-refractivity contribution in [2.24, 2.45) is 11.8 Å². The second-order valence-corrected chi connectivity index (χ2v) is 10.8. The number of benzene rings is 1. The van der Waals surface area contributed by atoms with E-state index in [0.29, 0.717) is 13.0 Å². The van der Waals surface area contributed by atoms with Crippen molar-refractivity contribution in [1.29, 1.82) is 0 Å². The highest BCUT2D eigenvalue weighted by molar-refractivity contribution is 7.99. The molecule has 1 aromatic carbocycles. The van der Waals surface area contributed by atoms with Crippen molar-refractivity contribution in [1.82, 2.24) is 0 Å². The molecule has 0 spiro atoms. The van der Waals surface area contributed by atoms with Crippen LogP contribution in [0.25, 0.3) is 0 Å². The summed E-state index contributed by atoms with van der Waals surface area (Å²) in [6, 6.07) is 10.1. The zero-order chi connectivity index (χ0) is 19.7. The van der Waals surface area contributed by atoms with E-state index in [2.05, 4.69) is 20.8 Å². The Hall–Kier alpha value is -0.360. The van der Waals surface area contributed by atoms with Gasteiger partial charge in [0.1, 0.15) is 11.5 Å². The van der Waals surface area contributed by atoms with Gasteiger partial charge in [-0.2, -0.15) is 0 Å². The number of phosphoric acid groups is 1. The average molecular weight is 415 g/mol. The van der Waals surface area contributed by atoms with Crippen LogP contribution in [-0.2, 0) is 22.9 Å². The maximum Gasteiger partial charge on any atom is 0.475 e. The number of ether oxygens (including phenoxy) is 1. The van der Waals surface area contributed by atoms with Gasteiger partial charge < -0.3 is 4.74 Å². The van der Waals surface area contributed by atoms with Crippen LogP contribution in [-0.4, -0.2) is 29.9 Å². The molecule has 0 N–H and O–H groups in total. The van der Waals surface area contributed by atoms with Gasteiger partial charge in [-0.25, -0.2) is 4.57 Å². The number of thioether (sulfide) groups is 1. The summed E-state index contributed by atoms with van der Waals surface area (Å²) >= 11 is 1.61. The highest BCUT2D eigenvalue weighted by atomic mass is 32.2. The fourth-order valence-electron chi connectivity index (χ4n) is 3.58. The smallest absolute Gasteiger partial charge is 0.361 e. The van der Waals surface area contributed by atoms with E-state index in [4.69, 9.17) is 18.3 Å². The Morgan fingerprint density at radius 1 is 1.22 bits per heavy atom. The van der Waals surface area contributed by atoms with E-state index in [1.165, 1.54) is 0 Å². The maximum absolute atomic E-state index is 13.2. The largest absolute Gasteiger partial charge is 0.475 e. The summed E-state index contributed by atoms with van der Waals surface area (Å²) in [4.78, 5) is 1.09. The van der Waals surface area contributed by atoms with Gasteiger partial charge in [0.2, 0.25) is 0 Å². The lowest BCUT2D eigenvalue weighted by molar-refractivity contribution is -0.139. The Balaban J connectivity index is 1.82.